The summed E-state index contributed by atoms with van der Waals surface area (Å²) in [5, 5.41) is 0. The molecule has 5 rings (SSSR count). The highest BCUT2D eigenvalue weighted by Gasteiger charge is 2.46. The molecule has 6 unspecified atom stereocenters. The van der Waals surface area contributed by atoms with Crippen LogP contribution in [0, 0.1) is 11.8 Å². The lowest BCUT2D eigenvalue weighted by Gasteiger charge is -2.25. The monoisotopic (exact) mass is 394 g/mol. The van der Waals surface area contributed by atoms with Crippen LogP contribution in [0.15, 0.2) is 30.3 Å². The molecule has 0 radical (unpaired) electrons. The van der Waals surface area contributed by atoms with Gasteiger partial charge in [0.05, 0.1) is 37.6 Å². The van der Waals surface area contributed by atoms with E-state index >= 15 is 0 Å². The molecule has 0 aromatic heterocycles. The minimum Gasteiger partial charge on any atom is -0.404 e. The first-order chi connectivity index (χ1) is 13.2. The van der Waals surface area contributed by atoms with E-state index in [4.69, 9.17) is 23.0 Å². The summed E-state index contributed by atoms with van der Waals surface area (Å²) in [6, 6.07) is 9.12. The van der Waals surface area contributed by atoms with E-state index in [9.17, 15) is 4.57 Å². The standard InChI is InChI=1S/C20H27O6P/c21-27(26-16-4-2-1-3-5-16,22-12-14-6-8-17-19(10-14)24-17)23-13-15-7-9-18-20(11-15)25-18/h1-5,14-15,17-20H,6-13H2. The van der Waals surface area contributed by atoms with E-state index < -0.39 is 7.82 Å². The van der Waals surface area contributed by atoms with Gasteiger partial charge in [-0.05, 0) is 62.5 Å². The third-order valence-corrected chi connectivity index (χ3v) is 7.49. The van der Waals surface area contributed by atoms with Crippen LogP contribution >= 0.6 is 7.82 Å². The molecule has 27 heavy (non-hydrogen) atoms. The van der Waals surface area contributed by atoms with Gasteiger partial charge in [0.2, 0.25) is 0 Å². The molecule has 2 saturated heterocycles. The Balaban J connectivity index is 1.19. The predicted octanol–water partition coefficient (Wildman–Crippen LogP) is 4.34. The molecule has 2 aliphatic heterocycles. The minimum atomic E-state index is -3.67. The Bertz CT molecular complexity index is 661. The van der Waals surface area contributed by atoms with Crippen molar-refractivity contribution in [1.29, 1.82) is 0 Å². The SMILES string of the molecule is O=P(OCC1CCC2OC2C1)(OCC1CCC2OC2C1)Oc1ccccc1. The lowest BCUT2D eigenvalue weighted by Crippen LogP contribution is -2.21. The number of phosphoric ester groups is 1. The van der Waals surface area contributed by atoms with Crippen LogP contribution in [0.4, 0.5) is 0 Å². The molecule has 4 fully saturated rings. The highest BCUT2D eigenvalue weighted by atomic mass is 31.2. The Labute approximate surface area is 160 Å². The van der Waals surface area contributed by atoms with E-state index in [1.807, 2.05) is 18.2 Å². The second-order valence-electron chi connectivity index (χ2n) is 8.23. The van der Waals surface area contributed by atoms with Crippen LogP contribution in [0.25, 0.3) is 0 Å². The lowest BCUT2D eigenvalue weighted by atomic mass is 9.90. The van der Waals surface area contributed by atoms with Gasteiger partial charge in [-0.15, -0.1) is 0 Å². The van der Waals surface area contributed by atoms with Crippen molar-refractivity contribution in [2.75, 3.05) is 13.2 Å². The molecule has 1 aromatic carbocycles. The number of benzene rings is 1. The molecule has 6 atom stereocenters. The summed E-state index contributed by atoms with van der Waals surface area (Å²) < 4.78 is 41.8. The molecule has 1 aromatic rings. The normalized spacial score (nSPS) is 39.0. The molecule has 0 spiro atoms. The number of hydrogen-bond acceptors (Lipinski definition) is 6. The van der Waals surface area contributed by atoms with Crippen molar-refractivity contribution in [3.8, 4) is 5.75 Å². The van der Waals surface area contributed by atoms with E-state index in [0.29, 0.717) is 55.2 Å². The third-order valence-electron chi connectivity index (χ3n) is 6.12. The Morgan fingerprint density at radius 1 is 0.815 bits per heavy atom. The summed E-state index contributed by atoms with van der Waals surface area (Å²) in [5.41, 5.74) is 0. The van der Waals surface area contributed by atoms with Crippen molar-refractivity contribution < 1.29 is 27.6 Å². The zero-order valence-corrected chi connectivity index (χ0v) is 16.3. The number of rotatable bonds is 8. The fraction of sp³-hybridized carbons (Fsp3) is 0.700. The van der Waals surface area contributed by atoms with Gasteiger partial charge < -0.3 is 14.0 Å². The van der Waals surface area contributed by atoms with E-state index in [1.54, 1.807) is 12.1 Å². The highest BCUT2D eigenvalue weighted by molar-refractivity contribution is 7.48. The molecule has 7 heteroatoms. The van der Waals surface area contributed by atoms with Crippen molar-refractivity contribution in [1.82, 2.24) is 0 Å². The number of phosphoric acid groups is 1. The van der Waals surface area contributed by atoms with Crippen LogP contribution in [-0.4, -0.2) is 37.6 Å². The second-order valence-corrected chi connectivity index (χ2v) is 9.82. The van der Waals surface area contributed by atoms with Crippen molar-refractivity contribution in [3.63, 3.8) is 0 Å². The summed E-state index contributed by atoms with van der Waals surface area (Å²) in [5.74, 6) is 1.20. The molecule has 2 saturated carbocycles. The molecule has 148 valence electrons. The van der Waals surface area contributed by atoms with Crippen LogP contribution in [0.2, 0.25) is 0 Å². The van der Waals surface area contributed by atoms with Crippen LogP contribution in [-0.2, 0) is 23.1 Å². The van der Waals surface area contributed by atoms with Gasteiger partial charge in [-0.3, -0.25) is 9.05 Å². The first kappa shape index (κ1) is 18.1. The van der Waals surface area contributed by atoms with Crippen molar-refractivity contribution in [2.24, 2.45) is 11.8 Å². The van der Waals surface area contributed by atoms with Crippen molar-refractivity contribution >= 4 is 7.82 Å². The first-order valence-electron chi connectivity index (χ1n) is 10.1. The van der Waals surface area contributed by atoms with Gasteiger partial charge in [0.15, 0.2) is 0 Å². The zero-order valence-electron chi connectivity index (χ0n) is 15.4. The maximum atomic E-state index is 13.3. The van der Waals surface area contributed by atoms with Gasteiger partial charge in [-0.25, -0.2) is 4.57 Å². The van der Waals surface area contributed by atoms with Crippen LogP contribution in [0.1, 0.15) is 38.5 Å². The molecule has 0 bridgehead atoms. The molecule has 2 heterocycles. The zero-order chi connectivity index (χ0) is 18.3. The summed E-state index contributed by atoms with van der Waals surface area (Å²) in [6.07, 6.45) is 7.78. The largest absolute Gasteiger partial charge is 0.530 e. The average Bonchev–Trinajstić information content (AvgIpc) is 3.59. The maximum absolute atomic E-state index is 13.3. The highest BCUT2D eigenvalue weighted by Crippen LogP contribution is 2.52. The van der Waals surface area contributed by atoms with Gasteiger partial charge in [0.1, 0.15) is 5.75 Å². The quantitative estimate of drug-likeness (QED) is 0.483. The number of fused-ring (bicyclic) bond motifs is 2. The molecule has 0 amide bonds. The lowest BCUT2D eigenvalue weighted by molar-refractivity contribution is 0.109. The second kappa shape index (κ2) is 7.49. The van der Waals surface area contributed by atoms with Crippen LogP contribution in [0.5, 0.6) is 5.75 Å². The smallest absolute Gasteiger partial charge is 0.404 e. The average molecular weight is 394 g/mol. The van der Waals surface area contributed by atoms with Gasteiger partial charge in [-0.1, -0.05) is 18.2 Å². The fourth-order valence-corrected chi connectivity index (χ4v) is 5.72. The molecular weight excluding hydrogens is 367 g/mol. The van der Waals surface area contributed by atoms with Gasteiger partial charge in [0, 0.05) is 0 Å². The van der Waals surface area contributed by atoms with Gasteiger partial charge in [0.25, 0.3) is 0 Å². The summed E-state index contributed by atoms with van der Waals surface area (Å²) in [6.45, 7) is 0.768. The Morgan fingerprint density at radius 3 is 1.89 bits per heavy atom. The van der Waals surface area contributed by atoms with Crippen molar-refractivity contribution in [3.05, 3.63) is 30.3 Å². The van der Waals surface area contributed by atoms with Crippen LogP contribution < -0.4 is 4.52 Å². The molecule has 4 aliphatic rings. The van der Waals surface area contributed by atoms with E-state index in [1.165, 1.54) is 0 Å². The minimum absolute atomic E-state index is 0.348. The molecule has 0 N–H and O–H groups in total. The fourth-order valence-electron chi connectivity index (χ4n) is 4.37. The van der Waals surface area contributed by atoms with E-state index in [-0.39, 0.29) is 0 Å². The Kier molecular flexibility index (Phi) is 5.03. The Hall–Kier alpha value is -0.910. The summed E-state index contributed by atoms with van der Waals surface area (Å²) in [7, 11) is -3.67. The molecule has 6 nitrogen and oxygen atoms in total. The number of para-hydroxylation sites is 1. The van der Waals surface area contributed by atoms with Gasteiger partial charge >= 0.3 is 7.82 Å². The topological polar surface area (TPSA) is 69.8 Å². The summed E-state index contributed by atoms with van der Waals surface area (Å²) >= 11 is 0. The maximum Gasteiger partial charge on any atom is 0.530 e. The van der Waals surface area contributed by atoms with Crippen molar-refractivity contribution in [2.45, 2.75) is 62.9 Å². The predicted molar refractivity (Wildman–Crippen MR) is 98.6 cm³/mol. The molecule has 2 aliphatic carbocycles. The molecular formula is C20H27O6P. The number of hydrogen-bond donors (Lipinski definition) is 0. The van der Waals surface area contributed by atoms with Crippen LogP contribution in [0.3, 0.4) is 0 Å². The first-order valence-corrected chi connectivity index (χ1v) is 11.6. The third kappa shape index (κ3) is 4.57. The van der Waals surface area contributed by atoms with Gasteiger partial charge in [-0.2, -0.15) is 0 Å². The Morgan fingerprint density at radius 2 is 1.37 bits per heavy atom. The number of ether oxygens (including phenoxy) is 2. The van der Waals surface area contributed by atoms with E-state index in [0.717, 1.165) is 38.5 Å². The number of epoxide rings is 2. The summed E-state index contributed by atoms with van der Waals surface area (Å²) in [4.78, 5) is 0. The van der Waals surface area contributed by atoms with E-state index in [2.05, 4.69) is 0 Å².